The molecule has 0 aliphatic heterocycles. The van der Waals surface area contributed by atoms with E-state index >= 15 is 0 Å². The molecule has 1 aromatic carbocycles. The first-order chi connectivity index (χ1) is 7.27. The highest BCUT2D eigenvalue weighted by Gasteiger charge is 2.08. The van der Waals surface area contributed by atoms with Crippen LogP contribution in [0.3, 0.4) is 0 Å². The van der Waals surface area contributed by atoms with Crippen molar-refractivity contribution in [3.8, 4) is 0 Å². The SMILES string of the molecule is Cl.Cl.NC(c1cccnc1)c1cccc(Cl)c1. The predicted octanol–water partition coefficient (Wildman–Crippen LogP) is 3.63. The van der Waals surface area contributed by atoms with Gasteiger partial charge in [0, 0.05) is 17.4 Å². The van der Waals surface area contributed by atoms with Crippen LogP contribution in [0.25, 0.3) is 0 Å². The van der Waals surface area contributed by atoms with Crippen LogP contribution in [-0.2, 0) is 0 Å². The van der Waals surface area contributed by atoms with E-state index in [0.717, 1.165) is 11.1 Å². The zero-order chi connectivity index (χ0) is 10.7. The fourth-order valence-corrected chi connectivity index (χ4v) is 1.65. The summed E-state index contributed by atoms with van der Waals surface area (Å²) in [5, 5.41) is 0.701. The van der Waals surface area contributed by atoms with E-state index in [4.69, 9.17) is 17.3 Å². The molecule has 0 radical (unpaired) electrons. The van der Waals surface area contributed by atoms with Gasteiger partial charge in [-0.2, -0.15) is 0 Å². The molecule has 0 aliphatic rings. The summed E-state index contributed by atoms with van der Waals surface area (Å²) in [7, 11) is 0. The van der Waals surface area contributed by atoms with E-state index in [-0.39, 0.29) is 30.9 Å². The predicted molar refractivity (Wildman–Crippen MR) is 76.2 cm³/mol. The van der Waals surface area contributed by atoms with Gasteiger partial charge < -0.3 is 5.73 Å². The van der Waals surface area contributed by atoms with Gasteiger partial charge in [-0.25, -0.2) is 0 Å². The van der Waals surface area contributed by atoms with Crippen LogP contribution < -0.4 is 5.73 Å². The molecule has 0 fully saturated rings. The molecule has 92 valence electrons. The second-order valence-electron chi connectivity index (χ2n) is 3.32. The Labute approximate surface area is 118 Å². The van der Waals surface area contributed by atoms with Crippen molar-refractivity contribution in [1.82, 2.24) is 4.98 Å². The molecular formula is C12H13Cl3N2. The summed E-state index contributed by atoms with van der Waals surface area (Å²) in [5.41, 5.74) is 8.07. The molecule has 2 N–H and O–H groups in total. The van der Waals surface area contributed by atoms with Crippen LogP contribution >= 0.6 is 36.4 Å². The summed E-state index contributed by atoms with van der Waals surface area (Å²) in [6.07, 6.45) is 3.50. The maximum absolute atomic E-state index is 6.09. The number of benzene rings is 1. The summed E-state index contributed by atoms with van der Waals surface area (Å²) in [6, 6.07) is 11.2. The minimum Gasteiger partial charge on any atom is -0.320 e. The third-order valence-corrected chi connectivity index (χ3v) is 2.49. The molecule has 0 amide bonds. The highest BCUT2D eigenvalue weighted by molar-refractivity contribution is 6.30. The van der Waals surface area contributed by atoms with Gasteiger partial charge in [0.15, 0.2) is 0 Å². The quantitative estimate of drug-likeness (QED) is 0.917. The molecule has 0 saturated carbocycles. The van der Waals surface area contributed by atoms with Gasteiger partial charge in [0.25, 0.3) is 0 Å². The molecule has 17 heavy (non-hydrogen) atoms. The molecule has 1 heterocycles. The van der Waals surface area contributed by atoms with E-state index < -0.39 is 0 Å². The Morgan fingerprint density at radius 3 is 2.35 bits per heavy atom. The highest BCUT2D eigenvalue weighted by Crippen LogP contribution is 2.21. The maximum Gasteiger partial charge on any atom is 0.0567 e. The van der Waals surface area contributed by atoms with Crippen molar-refractivity contribution in [3.05, 3.63) is 64.9 Å². The van der Waals surface area contributed by atoms with Gasteiger partial charge in [-0.1, -0.05) is 29.8 Å². The lowest BCUT2D eigenvalue weighted by Gasteiger charge is -2.11. The van der Waals surface area contributed by atoms with Crippen LogP contribution in [0, 0.1) is 0 Å². The number of hydrogen-bond acceptors (Lipinski definition) is 2. The fourth-order valence-electron chi connectivity index (χ4n) is 1.45. The van der Waals surface area contributed by atoms with Crippen LogP contribution in [0.5, 0.6) is 0 Å². The topological polar surface area (TPSA) is 38.9 Å². The summed E-state index contributed by atoms with van der Waals surface area (Å²) in [6.45, 7) is 0. The van der Waals surface area contributed by atoms with Gasteiger partial charge in [0.05, 0.1) is 6.04 Å². The lowest BCUT2D eigenvalue weighted by atomic mass is 10.0. The molecule has 5 heteroatoms. The zero-order valence-corrected chi connectivity index (χ0v) is 11.3. The van der Waals surface area contributed by atoms with E-state index in [1.165, 1.54) is 0 Å². The largest absolute Gasteiger partial charge is 0.320 e. The Morgan fingerprint density at radius 2 is 1.76 bits per heavy atom. The maximum atomic E-state index is 6.09. The fraction of sp³-hybridized carbons (Fsp3) is 0.0833. The van der Waals surface area contributed by atoms with E-state index in [1.54, 1.807) is 12.4 Å². The van der Waals surface area contributed by atoms with Crippen LogP contribution in [-0.4, -0.2) is 4.98 Å². The number of aromatic nitrogens is 1. The van der Waals surface area contributed by atoms with Crippen LogP contribution in [0.4, 0.5) is 0 Å². The Balaban J connectivity index is 0.00000128. The smallest absolute Gasteiger partial charge is 0.0567 e. The molecule has 1 aromatic heterocycles. The summed E-state index contributed by atoms with van der Waals surface area (Å²) < 4.78 is 0. The van der Waals surface area contributed by atoms with Crippen molar-refractivity contribution >= 4 is 36.4 Å². The summed E-state index contributed by atoms with van der Waals surface area (Å²) >= 11 is 5.91. The van der Waals surface area contributed by atoms with E-state index in [0.29, 0.717) is 5.02 Å². The molecule has 0 aliphatic carbocycles. The Hall–Kier alpha value is -0.800. The second-order valence-corrected chi connectivity index (χ2v) is 3.76. The number of rotatable bonds is 2. The Morgan fingerprint density at radius 1 is 1.06 bits per heavy atom. The van der Waals surface area contributed by atoms with E-state index in [1.807, 2.05) is 36.4 Å². The van der Waals surface area contributed by atoms with E-state index in [2.05, 4.69) is 4.98 Å². The molecule has 1 unspecified atom stereocenters. The summed E-state index contributed by atoms with van der Waals surface area (Å²) in [4.78, 5) is 4.04. The first-order valence-corrected chi connectivity index (χ1v) is 5.06. The second kappa shape index (κ2) is 7.51. The third-order valence-electron chi connectivity index (χ3n) is 2.25. The Bertz CT molecular complexity index is 449. The number of halogens is 3. The number of nitrogens with zero attached hydrogens (tertiary/aromatic N) is 1. The van der Waals surface area contributed by atoms with Gasteiger partial charge in [0.2, 0.25) is 0 Å². The van der Waals surface area contributed by atoms with E-state index in [9.17, 15) is 0 Å². The minimum absolute atomic E-state index is 0. The van der Waals surface area contributed by atoms with Crippen LogP contribution in [0.15, 0.2) is 48.8 Å². The summed E-state index contributed by atoms with van der Waals surface area (Å²) in [5.74, 6) is 0. The number of pyridine rings is 1. The number of hydrogen-bond donors (Lipinski definition) is 1. The standard InChI is InChI=1S/C12H11ClN2.2ClH/c13-11-5-1-3-9(7-11)12(14)10-4-2-6-15-8-10;;/h1-8,12H,14H2;2*1H. The molecule has 0 spiro atoms. The molecule has 1 atom stereocenters. The first-order valence-electron chi connectivity index (χ1n) is 4.68. The van der Waals surface area contributed by atoms with Gasteiger partial charge in [-0.15, -0.1) is 24.8 Å². The lowest BCUT2D eigenvalue weighted by Crippen LogP contribution is -2.11. The van der Waals surface area contributed by atoms with Gasteiger partial charge in [0.1, 0.15) is 0 Å². The van der Waals surface area contributed by atoms with Gasteiger partial charge >= 0.3 is 0 Å². The van der Waals surface area contributed by atoms with Crippen molar-refractivity contribution in [1.29, 1.82) is 0 Å². The Kier molecular flexibility index (Phi) is 7.16. The normalized spacial score (nSPS) is 10.9. The van der Waals surface area contributed by atoms with Crippen molar-refractivity contribution in [2.75, 3.05) is 0 Å². The molecule has 0 saturated heterocycles. The first kappa shape index (κ1) is 16.2. The minimum atomic E-state index is -0.169. The zero-order valence-electron chi connectivity index (χ0n) is 8.92. The molecule has 2 aromatic rings. The van der Waals surface area contributed by atoms with Crippen molar-refractivity contribution in [3.63, 3.8) is 0 Å². The van der Waals surface area contributed by atoms with Gasteiger partial charge in [-0.05, 0) is 29.3 Å². The number of nitrogens with two attached hydrogens (primary N) is 1. The molecule has 0 bridgehead atoms. The molecular weight excluding hydrogens is 279 g/mol. The van der Waals surface area contributed by atoms with Crippen LogP contribution in [0.1, 0.15) is 17.2 Å². The average molecular weight is 292 g/mol. The van der Waals surface area contributed by atoms with Crippen molar-refractivity contribution in [2.45, 2.75) is 6.04 Å². The lowest BCUT2D eigenvalue weighted by molar-refractivity contribution is 0.863. The highest BCUT2D eigenvalue weighted by atomic mass is 35.5. The molecule has 2 nitrogen and oxygen atoms in total. The molecule has 2 rings (SSSR count). The van der Waals surface area contributed by atoms with Crippen molar-refractivity contribution in [2.24, 2.45) is 5.73 Å². The third kappa shape index (κ3) is 4.17. The van der Waals surface area contributed by atoms with Gasteiger partial charge in [-0.3, -0.25) is 4.98 Å². The average Bonchev–Trinajstić information content (AvgIpc) is 2.29. The van der Waals surface area contributed by atoms with Crippen molar-refractivity contribution < 1.29 is 0 Å². The monoisotopic (exact) mass is 290 g/mol. The van der Waals surface area contributed by atoms with Crippen LogP contribution in [0.2, 0.25) is 5.02 Å².